The second-order valence-corrected chi connectivity index (χ2v) is 6.13. The largest absolute Gasteiger partial charge is 0.508 e. The van der Waals surface area contributed by atoms with Gasteiger partial charge in [0.05, 0.1) is 6.04 Å². The molecule has 1 atom stereocenters. The first-order chi connectivity index (χ1) is 11.1. The molecule has 2 amide bonds. The molecule has 0 fully saturated rings. The number of urea groups is 1. The molecule has 0 radical (unpaired) electrons. The highest BCUT2D eigenvalue weighted by molar-refractivity contribution is 9.10. The Morgan fingerprint density at radius 1 is 1.09 bits per heavy atom. The first kappa shape index (κ1) is 15.4. The van der Waals surface area contributed by atoms with Crippen LogP contribution in [-0.4, -0.2) is 11.1 Å². The minimum atomic E-state index is -0.651. The summed E-state index contributed by atoms with van der Waals surface area (Å²) in [5, 5.41) is 15.0. The van der Waals surface area contributed by atoms with Gasteiger partial charge >= 0.3 is 6.03 Å². The Hall–Kier alpha value is -2.53. The van der Waals surface area contributed by atoms with Crippen LogP contribution >= 0.6 is 15.9 Å². The molecule has 0 aliphatic rings. The van der Waals surface area contributed by atoms with E-state index in [0.29, 0.717) is 5.56 Å². The zero-order valence-corrected chi connectivity index (χ0v) is 13.7. The number of rotatable bonds is 3. The molecule has 1 unspecified atom stereocenters. The van der Waals surface area contributed by atoms with E-state index < -0.39 is 12.1 Å². The van der Waals surface area contributed by atoms with E-state index in [1.165, 1.54) is 0 Å². The topological polar surface area (TPSA) is 75.4 Å². The van der Waals surface area contributed by atoms with Gasteiger partial charge in [0.2, 0.25) is 0 Å². The lowest BCUT2D eigenvalue weighted by Gasteiger charge is -2.22. The van der Waals surface area contributed by atoms with Crippen molar-refractivity contribution in [2.45, 2.75) is 6.04 Å². The van der Waals surface area contributed by atoms with E-state index in [9.17, 15) is 9.90 Å². The van der Waals surface area contributed by atoms with Crippen LogP contribution in [0.25, 0.3) is 10.8 Å². The number of aromatic hydroxyl groups is 1. The lowest BCUT2D eigenvalue weighted by molar-refractivity contribution is 0.247. The number of carbonyl (C=O) groups excluding carboxylic acids is 1. The molecule has 3 aromatic carbocycles. The normalized spacial score (nSPS) is 12.0. The van der Waals surface area contributed by atoms with Crippen molar-refractivity contribution in [1.29, 1.82) is 0 Å². The first-order valence-electron chi connectivity index (χ1n) is 7.08. The van der Waals surface area contributed by atoms with E-state index in [1.54, 1.807) is 6.07 Å². The van der Waals surface area contributed by atoms with Crippen LogP contribution in [0.15, 0.2) is 65.1 Å². The zero-order valence-electron chi connectivity index (χ0n) is 12.2. The van der Waals surface area contributed by atoms with Gasteiger partial charge in [-0.05, 0) is 34.5 Å². The van der Waals surface area contributed by atoms with Crippen LogP contribution in [0.2, 0.25) is 0 Å². The quantitative estimate of drug-likeness (QED) is 0.649. The van der Waals surface area contributed by atoms with Gasteiger partial charge in [0, 0.05) is 10.0 Å². The molecule has 0 heterocycles. The number of fused-ring (bicyclic) bond motifs is 1. The number of nitrogens with one attached hydrogen (secondary N) is 1. The van der Waals surface area contributed by atoms with Crippen LogP contribution in [-0.2, 0) is 0 Å². The average Bonchev–Trinajstić information content (AvgIpc) is 2.53. The van der Waals surface area contributed by atoms with Gasteiger partial charge in [-0.15, -0.1) is 0 Å². The molecule has 0 bridgehead atoms. The Morgan fingerprint density at radius 3 is 2.61 bits per heavy atom. The highest BCUT2D eigenvalue weighted by atomic mass is 79.9. The van der Waals surface area contributed by atoms with Gasteiger partial charge in [-0.3, -0.25) is 0 Å². The molecule has 3 rings (SSSR count). The number of hydrogen-bond donors (Lipinski definition) is 3. The van der Waals surface area contributed by atoms with Crippen molar-refractivity contribution >= 4 is 32.7 Å². The van der Waals surface area contributed by atoms with Gasteiger partial charge in [0.15, 0.2) is 0 Å². The van der Waals surface area contributed by atoms with E-state index in [4.69, 9.17) is 5.73 Å². The third-order valence-corrected chi connectivity index (χ3v) is 4.20. The molecule has 0 aliphatic carbocycles. The summed E-state index contributed by atoms with van der Waals surface area (Å²) in [4.78, 5) is 11.5. The number of phenols is 1. The van der Waals surface area contributed by atoms with Crippen molar-refractivity contribution in [3.05, 3.63) is 76.3 Å². The SMILES string of the molecule is NC(=O)NC(c1cccc(Br)c1)c1c(O)ccc2ccccc12. The Balaban J connectivity index is 2.25. The number of amides is 2. The fraction of sp³-hybridized carbons (Fsp3) is 0.0556. The minimum Gasteiger partial charge on any atom is -0.508 e. The molecule has 23 heavy (non-hydrogen) atoms. The summed E-state index contributed by atoms with van der Waals surface area (Å²) in [6.07, 6.45) is 0. The average molecular weight is 371 g/mol. The molecule has 3 aromatic rings. The number of nitrogens with two attached hydrogens (primary N) is 1. The number of carbonyl (C=O) groups is 1. The van der Waals surface area contributed by atoms with Crippen molar-refractivity contribution < 1.29 is 9.90 Å². The summed E-state index contributed by atoms with van der Waals surface area (Å²) in [5.41, 5.74) is 6.81. The maximum Gasteiger partial charge on any atom is 0.312 e. The molecule has 0 aromatic heterocycles. The summed E-state index contributed by atoms with van der Waals surface area (Å²) in [6.45, 7) is 0. The Morgan fingerprint density at radius 2 is 1.87 bits per heavy atom. The van der Waals surface area contributed by atoms with Gasteiger partial charge in [-0.1, -0.05) is 58.4 Å². The van der Waals surface area contributed by atoms with Crippen LogP contribution in [0.3, 0.4) is 0 Å². The number of halogens is 1. The lowest BCUT2D eigenvalue weighted by Crippen LogP contribution is -2.34. The van der Waals surface area contributed by atoms with Gasteiger partial charge in [-0.25, -0.2) is 4.79 Å². The number of primary amides is 1. The van der Waals surface area contributed by atoms with Crippen LogP contribution < -0.4 is 11.1 Å². The Labute approximate surface area is 142 Å². The van der Waals surface area contributed by atoms with Crippen molar-refractivity contribution in [3.63, 3.8) is 0 Å². The van der Waals surface area contributed by atoms with Crippen LogP contribution in [0.5, 0.6) is 5.75 Å². The Bertz CT molecular complexity index is 880. The van der Waals surface area contributed by atoms with E-state index in [-0.39, 0.29) is 5.75 Å². The van der Waals surface area contributed by atoms with Gasteiger partial charge in [0.25, 0.3) is 0 Å². The monoisotopic (exact) mass is 370 g/mol. The van der Waals surface area contributed by atoms with E-state index in [1.807, 2.05) is 54.6 Å². The van der Waals surface area contributed by atoms with Crippen LogP contribution in [0.4, 0.5) is 4.79 Å². The lowest BCUT2D eigenvalue weighted by atomic mass is 9.93. The van der Waals surface area contributed by atoms with Crippen molar-refractivity contribution in [1.82, 2.24) is 5.32 Å². The van der Waals surface area contributed by atoms with Gasteiger partial charge in [0.1, 0.15) is 5.75 Å². The summed E-state index contributed by atoms with van der Waals surface area (Å²) in [5.74, 6) is 0.113. The van der Waals surface area contributed by atoms with Crippen molar-refractivity contribution in [2.24, 2.45) is 5.73 Å². The second-order valence-electron chi connectivity index (χ2n) is 5.22. The third kappa shape index (κ3) is 3.14. The van der Waals surface area contributed by atoms with E-state index >= 15 is 0 Å². The molecule has 116 valence electrons. The second kappa shape index (κ2) is 6.30. The molecular formula is C18H15BrN2O2. The van der Waals surface area contributed by atoms with Gasteiger partial charge < -0.3 is 16.2 Å². The molecule has 4 nitrogen and oxygen atoms in total. The van der Waals surface area contributed by atoms with Crippen molar-refractivity contribution in [3.8, 4) is 5.75 Å². The number of hydrogen-bond acceptors (Lipinski definition) is 2. The number of benzene rings is 3. The summed E-state index contributed by atoms with van der Waals surface area (Å²) >= 11 is 3.43. The highest BCUT2D eigenvalue weighted by Crippen LogP contribution is 2.36. The molecule has 4 N–H and O–H groups in total. The number of phenolic OH excluding ortho intramolecular Hbond substituents is 1. The minimum absolute atomic E-state index is 0.113. The molecule has 0 spiro atoms. The zero-order chi connectivity index (χ0) is 16.4. The predicted octanol–water partition coefficient (Wildman–Crippen LogP) is 4.07. The molecule has 5 heteroatoms. The maximum atomic E-state index is 11.5. The van der Waals surface area contributed by atoms with Crippen LogP contribution in [0.1, 0.15) is 17.2 Å². The predicted molar refractivity (Wildman–Crippen MR) is 94.3 cm³/mol. The third-order valence-electron chi connectivity index (χ3n) is 3.70. The highest BCUT2D eigenvalue weighted by Gasteiger charge is 2.21. The Kier molecular flexibility index (Phi) is 4.21. The summed E-state index contributed by atoms with van der Waals surface area (Å²) < 4.78 is 0.881. The van der Waals surface area contributed by atoms with Crippen LogP contribution in [0, 0.1) is 0 Å². The smallest absolute Gasteiger partial charge is 0.312 e. The fourth-order valence-electron chi connectivity index (χ4n) is 2.74. The standard InChI is InChI=1S/C18H15BrN2O2/c19-13-6-3-5-12(10-13)17(21-18(20)23)16-14-7-2-1-4-11(14)8-9-15(16)22/h1-10,17,22H,(H3,20,21,23). The molecular weight excluding hydrogens is 356 g/mol. The van der Waals surface area contributed by atoms with Crippen molar-refractivity contribution in [2.75, 3.05) is 0 Å². The summed E-state index contributed by atoms with van der Waals surface area (Å²) in [6, 6.07) is 17.5. The van der Waals surface area contributed by atoms with E-state index in [2.05, 4.69) is 21.2 Å². The van der Waals surface area contributed by atoms with Gasteiger partial charge in [-0.2, -0.15) is 0 Å². The maximum absolute atomic E-state index is 11.5. The molecule has 0 aliphatic heterocycles. The van der Waals surface area contributed by atoms with E-state index in [0.717, 1.165) is 20.8 Å². The molecule has 0 saturated carbocycles. The first-order valence-corrected chi connectivity index (χ1v) is 7.87. The fourth-order valence-corrected chi connectivity index (χ4v) is 3.16. The summed E-state index contributed by atoms with van der Waals surface area (Å²) in [7, 11) is 0. The molecule has 0 saturated heterocycles.